The van der Waals surface area contributed by atoms with Gasteiger partial charge in [0.1, 0.15) is 5.76 Å². The number of hydrogen-bond donors (Lipinski definition) is 0. The van der Waals surface area contributed by atoms with Crippen LogP contribution in [0, 0.1) is 0 Å². The monoisotopic (exact) mass is 127 g/mol. The van der Waals surface area contributed by atoms with Crippen LogP contribution in [0.3, 0.4) is 0 Å². The predicted molar refractivity (Wildman–Crippen MR) is 36.7 cm³/mol. The van der Waals surface area contributed by atoms with E-state index in [4.69, 9.17) is 4.74 Å². The number of nitrogens with zero attached hydrogens (tertiary/aromatic N) is 1. The molecule has 9 heavy (non-hydrogen) atoms. The highest BCUT2D eigenvalue weighted by atomic mass is 16.5. The molecule has 0 N–H and O–H groups in total. The van der Waals surface area contributed by atoms with Crippen molar-refractivity contribution in [3.8, 4) is 0 Å². The van der Waals surface area contributed by atoms with Crippen LogP contribution in [0.5, 0.6) is 0 Å². The number of ether oxygens (including phenoxy) is 1. The molecule has 0 bridgehead atoms. The predicted octanol–water partition coefficient (Wildman–Crippen LogP) is 1.55. The summed E-state index contributed by atoms with van der Waals surface area (Å²) in [6, 6.07) is 0. The molecular weight excluding hydrogens is 114 g/mol. The molecule has 2 heteroatoms. The van der Waals surface area contributed by atoms with E-state index in [1.807, 2.05) is 6.92 Å². The van der Waals surface area contributed by atoms with Crippen LogP contribution < -0.4 is 0 Å². The van der Waals surface area contributed by atoms with Gasteiger partial charge in [-0.3, -0.25) is 0 Å². The summed E-state index contributed by atoms with van der Waals surface area (Å²) in [5.74, 6) is 1.07. The summed E-state index contributed by atoms with van der Waals surface area (Å²) < 4.78 is 5.27. The molecule has 0 atom stereocenters. The average molecular weight is 127 g/mol. The van der Waals surface area contributed by atoms with Gasteiger partial charge in [-0.15, -0.1) is 0 Å². The fourth-order valence-corrected chi connectivity index (χ4v) is 0.927. The lowest BCUT2D eigenvalue weighted by Crippen LogP contribution is -2.17. The molecule has 1 aliphatic heterocycles. The SMILES string of the molecule is CCN1COC(C)=C1C. The van der Waals surface area contributed by atoms with Crippen molar-refractivity contribution < 1.29 is 4.74 Å². The minimum Gasteiger partial charge on any atom is -0.476 e. The van der Waals surface area contributed by atoms with Crippen LogP contribution in [-0.2, 0) is 4.74 Å². The standard InChI is InChI=1S/C7H13NO/c1-4-8-5-9-7(3)6(8)2/h4-5H2,1-3H3. The molecular formula is C7H13NO. The normalized spacial score (nSPS) is 18.8. The van der Waals surface area contributed by atoms with E-state index < -0.39 is 0 Å². The maximum absolute atomic E-state index is 5.27. The summed E-state index contributed by atoms with van der Waals surface area (Å²) in [7, 11) is 0. The molecule has 0 aromatic rings. The van der Waals surface area contributed by atoms with E-state index in [-0.39, 0.29) is 0 Å². The third kappa shape index (κ3) is 1.02. The molecule has 0 radical (unpaired) electrons. The Hall–Kier alpha value is -0.660. The van der Waals surface area contributed by atoms with E-state index >= 15 is 0 Å². The summed E-state index contributed by atoms with van der Waals surface area (Å²) >= 11 is 0. The highest BCUT2D eigenvalue weighted by Gasteiger charge is 2.13. The Morgan fingerprint density at radius 3 is 2.44 bits per heavy atom. The Morgan fingerprint density at radius 2 is 2.22 bits per heavy atom. The van der Waals surface area contributed by atoms with Crippen molar-refractivity contribution in [2.24, 2.45) is 0 Å². The fraction of sp³-hybridized carbons (Fsp3) is 0.714. The molecule has 0 fully saturated rings. The van der Waals surface area contributed by atoms with Crippen LogP contribution in [0.2, 0.25) is 0 Å². The third-order valence-corrected chi connectivity index (χ3v) is 1.80. The van der Waals surface area contributed by atoms with E-state index in [2.05, 4.69) is 18.7 Å². The highest BCUT2D eigenvalue weighted by Crippen LogP contribution is 2.17. The van der Waals surface area contributed by atoms with Crippen LogP contribution >= 0.6 is 0 Å². The van der Waals surface area contributed by atoms with Gasteiger partial charge in [0.25, 0.3) is 0 Å². The Kier molecular flexibility index (Phi) is 1.65. The van der Waals surface area contributed by atoms with Gasteiger partial charge in [-0.25, -0.2) is 0 Å². The summed E-state index contributed by atoms with van der Waals surface area (Å²) in [5.41, 5.74) is 1.28. The Balaban J connectivity index is 2.63. The fourth-order valence-electron chi connectivity index (χ4n) is 0.927. The van der Waals surface area contributed by atoms with E-state index in [0.29, 0.717) is 0 Å². The molecule has 0 unspecified atom stereocenters. The zero-order valence-electron chi connectivity index (χ0n) is 6.27. The van der Waals surface area contributed by atoms with Gasteiger partial charge >= 0.3 is 0 Å². The van der Waals surface area contributed by atoms with Crippen LogP contribution in [0.4, 0.5) is 0 Å². The number of allylic oxidation sites excluding steroid dienone is 2. The van der Waals surface area contributed by atoms with Crippen molar-refractivity contribution in [2.45, 2.75) is 20.8 Å². The summed E-state index contributed by atoms with van der Waals surface area (Å²) in [4.78, 5) is 2.20. The summed E-state index contributed by atoms with van der Waals surface area (Å²) in [5, 5.41) is 0. The average Bonchev–Trinajstić information content (AvgIpc) is 2.15. The molecule has 0 saturated heterocycles. The van der Waals surface area contributed by atoms with Crippen LogP contribution in [0.25, 0.3) is 0 Å². The molecule has 0 amide bonds. The molecule has 2 nitrogen and oxygen atoms in total. The molecule has 0 aromatic carbocycles. The minimum atomic E-state index is 0.744. The first-order valence-corrected chi connectivity index (χ1v) is 3.31. The van der Waals surface area contributed by atoms with Gasteiger partial charge in [-0.1, -0.05) is 0 Å². The first-order valence-electron chi connectivity index (χ1n) is 3.31. The number of hydrogen-bond acceptors (Lipinski definition) is 2. The van der Waals surface area contributed by atoms with Crippen LogP contribution in [0.1, 0.15) is 20.8 Å². The first-order chi connectivity index (χ1) is 4.25. The largest absolute Gasteiger partial charge is 0.476 e. The molecule has 0 saturated carbocycles. The van der Waals surface area contributed by atoms with Crippen molar-refractivity contribution in [1.82, 2.24) is 4.90 Å². The topological polar surface area (TPSA) is 12.5 Å². The van der Waals surface area contributed by atoms with Gasteiger partial charge in [-0.05, 0) is 20.8 Å². The van der Waals surface area contributed by atoms with E-state index in [9.17, 15) is 0 Å². The second-order valence-corrected chi connectivity index (χ2v) is 2.27. The number of rotatable bonds is 1. The second kappa shape index (κ2) is 2.29. The first kappa shape index (κ1) is 6.46. The Bertz CT molecular complexity index is 140. The van der Waals surface area contributed by atoms with Gasteiger partial charge < -0.3 is 9.64 Å². The minimum absolute atomic E-state index is 0.744. The van der Waals surface area contributed by atoms with Crippen molar-refractivity contribution in [3.05, 3.63) is 11.5 Å². The zero-order valence-corrected chi connectivity index (χ0v) is 6.27. The van der Waals surface area contributed by atoms with Crippen LogP contribution in [0.15, 0.2) is 11.5 Å². The van der Waals surface area contributed by atoms with Crippen LogP contribution in [-0.4, -0.2) is 18.2 Å². The van der Waals surface area contributed by atoms with Gasteiger partial charge in [0.15, 0.2) is 6.73 Å². The van der Waals surface area contributed by atoms with Gasteiger partial charge in [0, 0.05) is 6.54 Å². The van der Waals surface area contributed by atoms with E-state index in [1.165, 1.54) is 5.70 Å². The lowest BCUT2D eigenvalue weighted by atomic mass is 10.4. The molecule has 1 rings (SSSR count). The maximum atomic E-state index is 5.27. The molecule has 52 valence electrons. The zero-order chi connectivity index (χ0) is 6.85. The summed E-state index contributed by atoms with van der Waals surface area (Å²) in [6.07, 6.45) is 0. The lowest BCUT2D eigenvalue weighted by molar-refractivity contribution is 0.154. The van der Waals surface area contributed by atoms with Crippen molar-refractivity contribution in [3.63, 3.8) is 0 Å². The van der Waals surface area contributed by atoms with Gasteiger partial charge in [0.2, 0.25) is 0 Å². The Labute approximate surface area is 56.1 Å². The third-order valence-electron chi connectivity index (χ3n) is 1.80. The van der Waals surface area contributed by atoms with E-state index in [1.54, 1.807) is 0 Å². The quantitative estimate of drug-likeness (QED) is 0.530. The summed E-state index contributed by atoms with van der Waals surface area (Å²) in [6.45, 7) is 8.01. The van der Waals surface area contributed by atoms with Crippen molar-refractivity contribution >= 4 is 0 Å². The highest BCUT2D eigenvalue weighted by molar-refractivity contribution is 5.05. The molecule has 0 aliphatic carbocycles. The van der Waals surface area contributed by atoms with Gasteiger partial charge in [-0.2, -0.15) is 0 Å². The second-order valence-electron chi connectivity index (χ2n) is 2.27. The van der Waals surface area contributed by atoms with Gasteiger partial charge in [0.05, 0.1) is 5.70 Å². The Morgan fingerprint density at radius 1 is 1.56 bits per heavy atom. The molecule has 1 heterocycles. The van der Waals surface area contributed by atoms with Crippen molar-refractivity contribution in [2.75, 3.05) is 13.3 Å². The van der Waals surface area contributed by atoms with Crippen molar-refractivity contribution in [1.29, 1.82) is 0 Å². The molecule has 0 spiro atoms. The maximum Gasteiger partial charge on any atom is 0.160 e. The lowest BCUT2D eigenvalue weighted by Gasteiger charge is -2.13. The molecule has 0 aromatic heterocycles. The smallest absolute Gasteiger partial charge is 0.160 e. The van der Waals surface area contributed by atoms with E-state index in [0.717, 1.165) is 19.0 Å². The molecule has 1 aliphatic rings.